The molecule has 0 radical (unpaired) electrons. The quantitative estimate of drug-likeness (QED) is 0.776. The summed E-state index contributed by atoms with van der Waals surface area (Å²) in [4.78, 5) is 14.3. The van der Waals surface area contributed by atoms with Crippen molar-refractivity contribution in [3.05, 3.63) is 24.2 Å². The number of hydrogen-bond acceptors (Lipinski definition) is 3. The molecule has 1 aliphatic carbocycles. The maximum absolute atomic E-state index is 12.0. The minimum absolute atomic E-state index is 0.222. The average Bonchev–Trinajstić information content (AvgIpc) is 3.01. The lowest BCUT2D eigenvalue weighted by molar-refractivity contribution is -0.126. The third kappa shape index (κ3) is 3.70. The lowest BCUT2D eigenvalue weighted by Crippen LogP contribution is -2.31. The molecule has 1 heterocycles. The first-order valence-electron chi connectivity index (χ1n) is 6.76. The molecular formula is C15H23NO2. The molecule has 1 saturated carbocycles. The van der Waals surface area contributed by atoms with Crippen LogP contribution in [0.2, 0.25) is 0 Å². The zero-order valence-electron chi connectivity index (χ0n) is 11.6. The first kappa shape index (κ1) is 13.3. The molecule has 0 N–H and O–H groups in total. The third-order valence-corrected chi connectivity index (χ3v) is 3.46. The Balaban J connectivity index is 1.85. The molecule has 1 aromatic heterocycles. The van der Waals surface area contributed by atoms with Crippen LogP contribution in [-0.4, -0.2) is 23.3 Å². The largest absolute Gasteiger partial charge is 0.468 e. The van der Waals surface area contributed by atoms with Crippen LogP contribution < -0.4 is 0 Å². The van der Waals surface area contributed by atoms with Crippen LogP contribution in [0.4, 0.5) is 0 Å². The van der Waals surface area contributed by atoms with E-state index in [9.17, 15) is 4.79 Å². The molecule has 1 aromatic rings. The van der Waals surface area contributed by atoms with Crippen molar-refractivity contribution in [1.82, 2.24) is 4.90 Å². The Hall–Kier alpha value is -1.09. The molecule has 0 aliphatic heterocycles. The van der Waals surface area contributed by atoms with E-state index in [1.54, 1.807) is 6.26 Å². The Morgan fingerprint density at radius 1 is 1.44 bits per heavy atom. The van der Waals surface area contributed by atoms with Crippen LogP contribution in [0.15, 0.2) is 22.8 Å². The van der Waals surface area contributed by atoms with E-state index < -0.39 is 0 Å². The highest BCUT2D eigenvalue weighted by Crippen LogP contribution is 2.29. The lowest BCUT2D eigenvalue weighted by atomic mass is 9.89. The van der Waals surface area contributed by atoms with Crippen LogP contribution in [0.25, 0.3) is 0 Å². The molecule has 0 amide bonds. The van der Waals surface area contributed by atoms with E-state index in [4.69, 9.17) is 4.42 Å². The number of carbonyl (C=O) groups excluding carboxylic acids is 1. The molecule has 2 rings (SSSR count). The zero-order valence-corrected chi connectivity index (χ0v) is 11.6. The fourth-order valence-corrected chi connectivity index (χ4v) is 2.05. The molecule has 18 heavy (non-hydrogen) atoms. The molecule has 1 fully saturated rings. The first-order chi connectivity index (χ1) is 8.47. The van der Waals surface area contributed by atoms with Crippen molar-refractivity contribution in [2.75, 3.05) is 6.54 Å². The van der Waals surface area contributed by atoms with Crippen LogP contribution in [0.5, 0.6) is 0 Å². The van der Waals surface area contributed by atoms with Crippen LogP contribution in [0, 0.1) is 5.41 Å². The van der Waals surface area contributed by atoms with Crippen molar-refractivity contribution < 1.29 is 9.21 Å². The molecule has 0 saturated heterocycles. The Morgan fingerprint density at radius 3 is 2.67 bits per heavy atom. The smallest absolute Gasteiger partial charge is 0.139 e. The highest BCUT2D eigenvalue weighted by atomic mass is 16.3. The van der Waals surface area contributed by atoms with Crippen LogP contribution in [-0.2, 0) is 11.3 Å². The molecule has 0 atom stereocenters. The van der Waals surface area contributed by atoms with Crippen molar-refractivity contribution in [2.45, 2.75) is 52.6 Å². The second kappa shape index (κ2) is 5.27. The molecule has 0 bridgehead atoms. The summed E-state index contributed by atoms with van der Waals surface area (Å²) in [5.74, 6) is 1.33. The van der Waals surface area contributed by atoms with Crippen molar-refractivity contribution in [3.63, 3.8) is 0 Å². The molecule has 3 heteroatoms. The maximum atomic E-state index is 12.0. The van der Waals surface area contributed by atoms with E-state index in [0.717, 1.165) is 18.8 Å². The number of furan rings is 1. The molecule has 1 aliphatic rings. The van der Waals surface area contributed by atoms with Gasteiger partial charge < -0.3 is 4.42 Å². The zero-order chi connectivity index (χ0) is 13.2. The summed E-state index contributed by atoms with van der Waals surface area (Å²) in [7, 11) is 0. The van der Waals surface area contributed by atoms with Crippen LogP contribution >= 0.6 is 0 Å². The van der Waals surface area contributed by atoms with Gasteiger partial charge in [0.15, 0.2) is 0 Å². The van der Waals surface area contributed by atoms with Gasteiger partial charge in [-0.25, -0.2) is 0 Å². The summed E-state index contributed by atoms with van der Waals surface area (Å²) in [6.45, 7) is 7.65. The van der Waals surface area contributed by atoms with Gasteiger partial charge in [-0.15, -0.1) is 0 Å². The highest BCUT2D eigenvalue weighted by molar-refractivity contribution is 5.83. The van der Waals surface area contributed by atoms with Crippen molar-refractivity contribution >= 4 is 5.78 Å². The van der Waals surface area contributed by atoms with E-state index in [2.05, 4.69) is 4.90 Å². The Kier molecular flexibility index (Phi) is 3.91. The van der Waals surface area contributed by atoms with Crippen molar-refractivity contribution in [1.29, 1.82) is 0 Å². The first-order valence-corrected chi connectivity index (χ1v) is 6.76. The predicted octanol–water partition coefficient (Wildman–Crippen LogP) is 3.25. The van der Waals surface area contributed by atoms with Gasteiger partial charge in [0.1, 0.15) is 11.5 Å². The SMILES string of the molecule is CC(C)(C)C(=O)CCN(Cc1ccco1)C1CC1. The highest BCUT2D eigenvalue weighted by Gasteiger charge is 2.30. The van der Waals surface area contributed by atoms with Gasteiger partial charge in [0.05, 0.1) is 12.8 Å². The second-order valence-corrected chi connectivity index (χ2v) is 6.20. The number of carbonyl (C=O) groups is 1. The fraction of sp³-hybridized carbons (Fsp3) is 0.667. The molecule has 3 nitrogen and oxygen atoms in total. The minimum atomic E-state index is -0.222. The average molecular weight is 249 g/mol. The summed E-state index contributed by atoms with van der Waals surface area (Å²) in [5.41, 5.74) is -0.222. The Morgan fingerprint density at radius 2 is 2.17 bits per heavy atom. The number of rotatable bonds is 6. The van der Waals surface area contributed by atoms with Gasteiger partial charge in [-0.3, -0.25) is 9.69 Å². The molecular weight excluding hydrogens is 226 g/mol. The summed E-state index contributed by atoms with van der Waals surface area (Å²) < 4.78 is 5.39. The Labute approximate surface area is 109 Å². The minimum Gasteiger partial charge on any atom is -0.468 e. The van der Waals surface area contributed by atoms with E-state index in [1.165, 1.54) is 12.8 Å². The summed E-state index contributed by atoms with van der Waals surface area (Å²) in [6.07, 6.45) is 4.86. The van der Waals surface area contributed by atoms with Crippen molar-refractivity contribution in [3.8, 4) is 0 Å². The number of Topliss-reactive ketones (excluding diaryl/α,β-unsaturated/α-hetero) is 1. The topological polar surface area (TPSA) is 33.5 Å². The third-order valence-electron chi connectivity index (χ3n) is 3.46. The van der Waals surface area contributed by atoms with E-state index in [1.807, 2.05) is 32.9 Å². The normalized spacial score (nSPS) is 16.2. The second-order valence-electron chi connectivity index (χ2n) is 6.20. The standard InChI is InChI=1S/C15H23NO2/c1-15(2,3)14(17)8-9-16(12-6-7-12)11-13-5-4-10-18-13/h4-5,10,12H,6-9,11H2,1-3H3. The Bertz CT molecular complexity index is 385. The van der Waals surface area contributed by atoms with E-state index in [-0.39, 0.29) is 5.41 Å². The van der Waals surface area contributed by atoms with Gasteiger partial charge in [-0.1, -0.05) is 20.8 Å². The van der Waals surface area contributed by atoms with Crippen LogP contribution in [0.1, 0.15) is 45.8 Å². The summed E-state index contributed by atoms with van der Waals surface area (Å²) >= 11 is 0. The summed E-state index contributed by atoms with van der Waals surface area (Å²) in [5, 5.41) is 0. The van der Waals surface area contributed by atoms with Crippen molar-refractivity contribution in [2.24, 2.45) is 5.41 Å². The van der Waals surface area contributed by atoms with E-state index >= 15 is 0 Å². The van der Waals surface area contributed by atoms with Gasteiger partial charge >= 0.3 is 0 Å². The number of nitrogens with zero attached hydrogens (tertiary/aromatic N) is 1. The molecule has 0 unspecified atom stereocenters. The van der Waals surface area contributed by atoms with Gasteiger partial charge in [0.2, 0.25) is 0 Å². The fourth-order valence-electron chi connectivity index (χ4n) is 2.05. The maximum Gasteiger partial charge on any atom is 0.139 e. The number of ketones is 1. The van der Waals surface area contributed by atoms with Gasteiger partial charge in [-0.2, -0.15) is 0 Å². The van der Waals surface area contributed by atoms with Crippen LogP contribution in [0.3, 0.4) is 0 Å². The van der Waals surface area contributed by atoms with Gasteiger partial charge in [-0.05, 0) is 25.0 Å². The predicted molar refractivity (Wildman–Crippen MR) is 71.2 cm³/mol. The van der Waals surface area contributed by atoms with E-state index in [0.29, 0.717) is 18.2 Å². The van der Waals surface area contributed by atoms with Gasteiger partial charge in [0, 0.05) is 24.4 Å². The summed E-state index contributed by atoms with van der Waals surface area (Å²) in [6, 6.07) is 4.57. The molecule has 0 spiro atoms. The number of hydrogen-bond donors (Lipinski definition) is 0. The van der Waals surface area contributed by atoms with Gasteiger partial charge in [0.25, 0.3) is 0 Å². The monoisotopic (exact) mass is 249 g/mol. The molecule has 100 valence electrons. The molecule has 0 aromatic carbocycles. The lowest BCUT2D eigenvalue weighted by Gasteiger charge is -2.23.